The number of carbonyl (C=O) groups excluding carboxylic acids is 1. The average molecular weight is 598 g/mol. The fraction of sp³-hybridized carbons (Fsp3) is 0.414. The molecule has 2 saturated heterocycles. The lowest BCUT2D eigenvalue weighted by Gasteiger charge is -2.39. The van der Waals surface area contributed by atoms with Gasteiger partial charge in [0.2, 0.25) is 0 Å². The van der Waals surface area contributed by atoms with Gasteiger partial charge in [0.15, 0.2) is 0 Å². The molecule has 0 spiro atoms. The third kappa shape index (κ3) is 6.63. The number of rotatable bonds is 10. The predicted octanol–water partition coefficient (Wildman–Crippen LogP) is 4.36. The van der Waals surface area contributed by atoms with E-state index in [1.807, 2.05) is 6.92 Å². The zero-order valence-corrected chi connectivity index (χ0v) is 24.7. The maximum absolute atomic E-state index is 13.4. The second-order valence-corrected chi connectivity index (χ2v) is 11.6. The van der Waals surface area contributed by atoms with Gasteiger partial charge in [-0.1, -0.05) is 30.4 Å². The molecule has 216 valence electrons. The van der Waals surface area contributed by atoms with Gasteiger partial charge in [0, 0.05) is 56.9 Å². The Labute approximate surface area is 247 Å². The lowest BCUT2D eigenvalue weighted by Crippen LogP contribution is -2.48. The second-order valence-electron chi connectivity index (χ2n) is 9.89. The van der Waals surface area contributed by atoms with Crippen molar-refractivity contribution in [3.05, 3.63) is 62.0 Å². The molecule has 3 heterocycles. The maximum Gasteiger partial charge on any atom is 0.303 e. The summed E-state index contributed by atoms with van der Waals surface area (Å²) in [6.07, 6.45) is 3.67. The van der Waals surface area contributed by atoms with E-state index in [2.05, 4.69) is 15.9 Å². The van der Waals surface area contributed by atoms with E-state index in [-0.39, 0.29) is 29.3 Å². The molecule has 2 aliphatic heterocycles. The van der Waals surface area contributed by atoms with Gasteiger partial charge in [-0.15, -0.1) is 0 Å². The zero-order valence-electron chi connectivity index (χ0n) is 23.1. The number of hydrogen-bond donors (Lipinski definition) is 1. The number of amides is 1. The highest BCUT2D eigenvalue weighted by molar-refractivity contribution is 8.26. The number of anilines is 2. The average Bonchev–Trinajstić information content (AvgIpc) is 3.22. The van der Waals surface area contributed by atoms with E-state index in [4.69, 9.17) is 17.3 Å². The van der Waals surface area contributed by atoms with Crippen molar-refractivity contribution in [2.75, 3.05) is 42.5 Å². The van der Waals surface area contributed by atoms with Crippen LogP contribution in [0.3, 0.4) is 0 Å². The minimum Gasteiger partial charge on any atom is -0.481 e. The first-order valence-corrected chi connectivity index (χ1v) is 14.8. The van der Waals surface area contributed by atoms with Crippen LogP contribution in [0.15, 0.2) is 34.0 Å². The first kappa shape index (κ1) is 30.3. The van der Waals surface area contributed by atoms with Gasteiger partial charge in [-0.05, 0) is 62.6 Å². The number of carboxylic acid groups (broad SMARTS) is 1. The standard InChI is InChI=1S/C29H32FN5O4S2/c1-3-34-26(33-15-13-32(14-16-33)21-10-8-20(30)9-11-21)22(19(2)23(18-31)27(34)38)17-24-28(39)35(29(40)41-24)12-6-4-5-7-25(36)37/h8-11,17H,3-7,12-16H2,1-2H3,(H,36,37)/b24-17+. The largest absolute Gasteiger partial charge is 0.481 e. The number of carboxylic acids is 1. The van der Waals surface area contributed by atoms with Crippen LogP contribution in [0, 0.1) is 24.1 Å². The Balaban J connectivity index is 1.63. The van der Waals surface area contributed by atoms with Gasteiger partial charge >= 0.3 is 5.97 Å². The van der Waals surface area contributed by atoms with Crippen LogP contribution < -0.4 is 15.4 Å². The molecule has 9 nitrogen and oxygen atoms in total. The van der Waals surface area contributed by atoms with E-state index in [9.17, 15) is 24.0 Å². The van der Waals surface area contributed by atoms with Gasteiger partial charge in [0.05, 0.1) is 4.91 Å². The van der Waals surface area contributed by atoms with Crippen molar-refractivity contribution < 1.29 is 19.1 Å². The van der Waals surface area contributed by atoms with Crippen molar-refractivity contribution in [1.82, 2.24) is 9.47 Å². The van der Waals surface area contributed by atoms with E-state index in [0.29, 0.717) is 84.7 Å². The number of unbranched alkanes of at least 4 members (excludes halogenated alkanes) is 2. The summed E-state index contributed by atoms with van der Waals surface area (Å²) < 4.78 is 15.4. The molecule has 0 atom stereocenters. The summed E-state index contributed by atoms with van der Waals surface area (Å²) in [5.41, 5.74) is 1.74. The first-order chi connectivity index (χ1) is 19.7. The maximum atomic E-state index is 13.4. The molecule has 2 fully saturated rings. The summed E-state index contributed by atoms with van der Waals surface area (Å²) in [6.45, 7) is 6.78. The highest BCUT2D eigenvalue weighted by Gasteiger charge is 2.33. The molecule has 4 rings (SSSR count). The Bertz CT molecular complexity index is 1470. The summed E-state index contributed by atoms with van der Waals surface area (Å²) in [6, 6.07) is 8.42. The van der Waals surface area contributed by atoms with Crippen LogP contribution >= 0.6 is 24.0 Å². The van der Waals surface area contributed by atoms with Gasteiger partial charge in [-0.25, -0.2) is 4.39 Å². The molecule has 41 heavy (non-hydrogen) atoms. The van der Waals surface area contributed by atoms with E-state index in [1.54, 1.807) is 29.7 Å². The smallest absolute Gasteiger partial charge is 0.303 e. The number of piperazine rings is 1. The number of nitrogens with zero attached hydrogens (tertiary/aromatic N) is 5. The fourth-order valence-corrected chi connectivity index (χ4v) is 6.44. The Morgan fingerprint density at radius 1 is 1.12 bits per heavy atom. The molecule has 2 aliphatic rings. The number of nitriles is 1. The van der Waals surface area contributed by atoms with Gasteiger partial charge in [-0.3, -0.25) is 23.9 Å². The number of halogens is 1. The number of aromatic nitrogens is 1. The van der Waals surface area contributed by atoms with Crippen molar-refractivity contribution in [1.29, 1.82) is 5.26 Å². The summed E-state index contributed by atoms with van der Waals surface area (Å²) in [7, 11) is 0. The van der Waals surface area contributed by atoms with E-state index in [0.717, 1.165) is 5.69 Å². The number of pyridine rings is 1. The van der Waals surface area contributed by atoms with Crippen LogP contribution in [0.1, 0.15) is 49.3 Å². The van der Waals surface area contributed by atoms with Crippen LogP contribution in [0.5, 0.6) is 0 Å². The fourth-order valence-electron chi connectivity index (χ4n) is 5.15. The normalized spacial score (nSPS) is 16.5. The van der Waals surface area contributed by atoms with Crippen LogP contribution in [0.4, 0.5) is 15.9 Å². The third-order valence-corrected chi connectivity index (χ3v) is 8.73. The molecule has 1 amide bonds. The Kier molecular flexibility index (Phi) is 9.83. The van der Waals surface area contributed by atoms with Crippen molar-refractivity contribution in [2.45, 2.75) is 46.1 Å². The highest BCUT2D eigenvalue weighted by Crippen LogP contribution is 2.36. The van der Waals surface area contributed by atoms with Crippen LogP contribution in [-0.4, -0.2) is 63.5 Å². The molecule has 0 radical (unpaired) electrons. The molecule has 1 N–H and O–H groups in total. The quantitative estimate of drug-likeness (QED) is 0.243. The van der Waals surface area contributed by atoms with Gasteiger partial charge < -0.3 is 14.9 Å². The van der Waals surface area contributed by atoms with Crippen LogP contribution in [0.2, 0.25) is 0 Å². The summed E-state index contributed by atoms with van der Waals surface area (Å²) in [4.78, 5) is 43.6. The molecular weight excluding hydrogens is 565 g/mol. The van der Waals surface area contributed by atoms with Crippen molar-refractivity contribution in [3.63, 3.8) is 0 Å². The first-order valence-electron chi connectivity index (χ1n) is 13.6. The second kappa shape index (κ2) is 13.3. The summed E-state index contributed by atoms with van der Waals surface area (Å²) in [5.74, 6) is -0.712. The molecular formula is C29H32FN5O4S2. The lowest BCUT2D eigenvalue weighted by atomic mass is 10.0. The van der Waals surface area contributed by atoms with E-state index in [1.165, 1.54) is 28.8 Å². The minimum absolute atomic E-state index is 0.0423. The predicted molar refractivity (Wildman–Crippen MR) is 163 cm³/mol. The highest BCUT2D eigenvalue weighted by atomic mass is 32.2. The van der Waals surface area contributed by atoms with Gasteiger partial charge in [-0.2, -0.15) is 5.26 Å². The number of benzene rings is 1. The molecule has 0 unspecified atom stereocenters. The molecule has 0 saturated carbocycles. The van der Waals surface area contributed by atoms with E-state index < -0.39 is 5.97 Å². The number of thiocarbonyl (C=S) groups is 1. The molecule has 2 aromatic rings. The number of carbonyl (C=O) groups is 2. The van der Waals surface area contributed by atoms with E-state index >= 15 is 0 Å². The van der Waals surface area contributed by atoms with Crippen molar-refractivity contribution >= 4 is 57.8 Å². The summed E-state index contributed by atoms with van der Waals surface area (Å²) >= 11 is 6.68. The minimum atomic E-state index is -0.841. The Hall–Kier alpha value is -3.69. The van der Waals surface area contributed by atoms with Crippen LogP contribution in [0.25, 0.3) is 6.08 Å². The van der Waals surface area contributed by atoms with Crippen LogP contribution in [-0.2, 0) is 16.1 Å². The zero-order chi connectivity index (χ0) is 29.7. The van der Waals surface area contributed by atoms with Gasteiger partial charge in [0.1, 0.15) is 27.6 Å². The molecule has 1 aromatic heterocycles. The third-order valence-electron chi connectivity index (χ3n) is 7.35. The Morgan fingerprint density at radius 2 is 1.78 bits per heavy atom. The lowest BCUT2D eigenvalue weighted by molar-refractivity contribution is -0.137. The topological polar surface area (TPSA) is 110 Å². The van der Waals surface area contributed by atoms with Gasteiger partial charge in [0.25, 0.3) is 11.5 Å². The molecule has 12 heteroatoms. The molecule has 1 aromatic carbocycles. The SMILES string of the molecule is CCn1c(N2CCN(c3ccc(F)cc3)CC2)c(/C=C2/SC(=S)N(CCCCCC(=O)O)C2=O)c(C)c(C#N)c1=O. The van der Waals surface area contributed by atoms with Crippen molar-refractivity contribution in [2.24, 2.45) is 0 Å². The number of thioether (sulfide) groups is 1. The number of hydrogen-bond acceptors (Lipinski definition) is 8. The summed E-state index contributed by atoms with van der Waals surface area (Å²) in [5, 5.41) is 18.7. The van der Waals surface area contributed by atoms with Crippen molar-refractivity contribution in [3.8, 4) is 6.07 Å². The number of aliphatic carboxylic acids is 1. The monoisotopic (exact) mass is 597 g/mol. The molecule has 0 aliphatic carbocycles. The molecule has 0 bridgehead atoms. The Morgan fingerprint density at radius 3 is 2.39 bits per heavy atom.